The van der Waals surface area contributed by atoms with Crippen LogP contribution in [-0.4, -0.2) is 35.8 Å². The molecular formula is C8H19NOS. The van der Waals surface area contributed by atoms with Gasteiger partial charge in [0.1, 0.15) is 0 Å². The molecule has 2 N–H and O–H groups in total. The Labute approximate surface area is 73.8 Å². The number of aliphatic hydroxyl groups is 1. The van der Waals surface area contributed by atoms with E-state index in [0.717, 1.165) is 12.2 Å². The number of rotatable bonds is 6. The summed E-state index contributed by atoms with van der Waals surface area (Å²) in [4.78, 5) is 0. The van der Waals surface area contributed by atoms with Gasteiger partial charge in [0.25, 0.3) is 0 Å². The summed E-state index contributed by atoms with van der Waals surface area (Å²) in [7, 11) is 0. The molecule has 0 rings (SSSR count). The van der Waals surface area contributed by atoms with Crippen molar-refractivity contribution in [3.05, 3.63) is 0 Å². The van der Waals surface area contributed by atoms with E-state index in [9.17, 15) is 0 Å². The van der Waals surface area contributed by atoms with Crippen molar-refractivity contribution >= 4 is 11.8 Å². The lowest BCUT2D eigenvalue weighted by molar-refractivity contribution is 0.266. The third-order valence-electron chi connectivity index (χ3n) is 1.41. The van der Waals surface area contributed by atoms with Crippen LogP contribution in [0.2, 0.25) is 0 Å². The van der Waals surface area contributed by atoms with Crippen LogP contribution in [0.15, 0.2) is 0 Å². The average Bonchev–Trinajstić information content (AvgIpc) is 1.87. The Morgan fingerprint density at radius 3 is 2.45 bits per heavy atom. The molecule has 2 nitrogen and oxygen atoms in total. The second kappa shape index (κ2) is 6.95. The molecule has 0 aromatic rings. The molecular weight excluding hydrogens is 158 g/mol. The van der Waals surface area contributed by atoms with E-state index >= 15 is 0 Å². The number of hydrogen-bond acceptors (Lipinski definition) is 3. The highest BCUT2D eigenvalue weighted by atomic mass is 32.2. The molecule has 0 saturated heterocycles. The minimum atomic E-state index is 0.283. The van der Waals surface area contributed by atoms with Crippen LogP contribution in [0.25, 0.3) is 0 Å². The summed E-state index contributed by atoms with van der Waals surface area (Å²) < 4.78 is 0. The second-order valence-corrected chi connectivity index (χ2v) is 3.90. The Kier molecular flexibility index (Phi) is 7.12. The van der Waals surface area contributed by atoms with Crippen molar-refractivity contribution in [3.63, 3.8) is 0 Å². The first-order valence-corrected chi connectivity index (χ1v) is 5.46. The SMILES string of the molecule is CSCC(CCO)NC(C)C. The van der Waals surface area contributed by atoms with Crippen molar-refractivity contribution < 1.29 is 5.11 Å². The molecule has 0 aliphatic carbocycles. The van der Waals surface area contributed by atoms with Crippen LogP contribution < -0.4 is 5.32 Å². The number of hydrogen-bond donors (Lipinski definition) is 2. The van der Waals surface area contributed by atoms with E-state index in [-0.39, 0.29) is 6.61 Å². The van der Waals surface area contributed by atoms with Gasteiger partial charge in [-0.1, -0.05) is 13.8 Å². The maximum Gasteiger partial charge on any atom is 0.0446 e. The van der Waals surface area contributed by atoms with Crippen molar-refractivity contribution in [3.8, 4) is 0 Å². The van der Waals surface area contributed by atoms with Crippen molar-refractivity contribution in [2.45, 2.75) is 32.4 Å². The van der Waals surface area contributed by atoms with Gasteiger partial charge in [0.05, 0.1) is 0 Å². The Morgan fingerprint density at radius 1 is 1.45 bits per heavy atom. The molecule has 0 aromatic heterocycles. The van der Waals surface area contributed by atoms with E-state index < -0.39 is 0 Å². The number of thioether (sulfide) groups is 1. The minimum absolute atomic E-state index is 0.283. The van der Waals surface area contributed by atoms with Gasteiger partial charge in [0.2, 0.25) is 0 Å². The smallest absolute Gasteiger partial charge is 0.0446 e. The zero-order chi connectivity index (χ0) is 8.69. The third-order valence-corrected chi connectivity index (χ3v) is 2.15. The van der Waals surface area contributed by atoms with E-state index in [4.69, 9.17) is 5.11 Å². The minimum Gasteiger partial charge on any atom is -0.396 e. The molecule has 0 aromatic carbocycles. The Balaban J connectivity index is 3.50. The lowest BCUT2D eigenvalue weighted by Crippen LogP contribution is -2.37. The molecule has 68 valence electrons. The molecule has 0 bridgehead atoms. The van der Waals surface area contributed by atoms with Gasteiger partial charge in [0, 0.05) is 24.4 Å². The predicted octanol–water partition coefficient (Wildman–Crippen LogP) is 1.10. The van der Waals surface area contributed by atoms with Crippen molar-refractivity contribution in [1.82, 2.24) is 5.32 Å². The van der Waals surface area contributed by atoms with E-state index in [0.29, 0.717) is 12.1 Å². The summed E-state index contributed by atoms with van der Waals surface area (Å²) in [5.74, 6) is 1.08. The first-order chi connectivity index (χ1) is 5.20. The van der Waals surface area contributed by atoms with Crippen molar-refractivity contribution in [1.29, 1.82) is 0 Å². The summed E-state index contributed by atoms with van der Waals surface area (Å²) in [5, 5.41) is 12.1. The van der Waals surface area contributed by atoms with E-state index in [1.807, 2.05) is 11.8 Å². The van der Waals surface area contributed by atoms with Crippen LogP contribution in [0.1, 0.15) is 20.3 Å². The lowest BCUT2D eigenvalue weighted by atomic mass is 10.2. The van der Waals surface area contributed by atoms with E-state index in [1.54, 1.807) is 0 Å². The fourth-order valence-electron chi connectivity index (χ4n) is 1.04. The maximum absolute atomic E-state index is 8.73. The van der Waals surface area contributed by atoms with E-state index in [2.05, 4.69) is 25.4 Å². The van der Waals surface area contributed by atoms with Gasteiger partial charge in [0.15, 0.2) is 0 Å². The molecule has 0 fully saturated rings. The highest BCUT2D eigenvalue weighted by Gasteiger charge is 2.07. The fraction of sp³-hybridized carbons (Fsp3) is 1.00. The standard InChI is InChI=1S/C8H19NOS/c1-7(2)9-8(4-5-10)6-11-3/h7-10H,4-6H2,1-3H3. The molecule has 0 radical (unpaired) electrons. The van der Waals surface area contributed by atoms with Gasteiger partial charge in [-0.3, -0.25) is 0 Å². The topological polar surface area (TPSA) is 32.3 Å². The zero-order valence-corrected chi connectivity index (χ0v) is 8.45. The molecule has 1 unspecified atom stereocenters. The van der Waals surface area contributed by atoms with Gasteiger partial charge in [-0.05, 0) is 12.7 Å². The quantitative estimate of drug-likeness (QED) is 0.637. The highest BCUT2D eigenvalue weighted by Crippen LogP contribution is 2.01. The molecule has 0 aliphatic rings. The van der Waals surface area contributed by atoms with Crippen LogP contribution in [-0.2, 0) is 0 Å². The number of nitrogens with one attached hydrogen (secondary N) is 1. The molecule has 0 spiro atoms. The maximum atomic E-state index is 8.73. The molecule has 0 heterocycles. The van der Waals surface area contributed by atoms with Crippen LogP contribution in [0, 0.1) is 0 Å². The zero-order valence-electron chi connectivity index (χ0n) is 7.63. The Hall–Kier alpha value is 0.270. The van der Waals surface area contributed by atoms with Crippen LogP contribution in [0.3, 0.4) is 0 Å². The Bertz CT molecular complexity index is 82.2. The largest absolute Gasteiger partial charge is 0.396 e. The molecule has 0 aliphatic heterocycles. The van der Waals surface area contributed by atoms with Crippen molar-refractivity contribution in [2.24, 2.45) is 0 Å². The molecule has 1 atom stereocenters. The summed E-state index contributed by atoms with van der Waals surface area (Å²) in [6, 6.07) is 0.980. The average molecular weight is 177 g/mol. The first-order valence-electron chi connectivity index (χ1n) is 4.06. The van der Waals surface area contributed by atoms with Crippen LogP contribution in [0.4, 0.5) is 0 Å². The lowest BCUT2D eigenvalue weighted by Gasteiger charge is -2.19. The van der Waals surface area contributed by atoms with Gasteiger partial charge in [-0.15, -0.1) is 0 Å². The van der Waals surface area contributed by atoms with Gasteiger partial charge in [-0.25, -0.2) is 0 Å². The fourth-order valence-corrected chi connectivity index (χ4v) is 1.71. The third kappa shape index (κ3) is 6.66. The highest BCUT2D eigenvalue weighted by molar-refractivity contribution is 7.98. The van der Waals surface area contributed by atoms with Crippen molar-refractivity contribution in [2.75, 3.05) is 18.6 Å². The predicted molar refractivity (Wildman–Crippen MR) is 52.1 cm³/mol. The molecule has 11 heavy (non-hydrogen) atoms. The summed E-state index contributed by atoms with van der Waals surface area (Å²) in [5.41, 5.74) is 0. The summed E-state index contributed by atoms with van der Waals surface area (Å²) in [6.45, 7) is 4.54. The van der Waals surface area contributed by atoms with Crippen LogP contribution >= 0.6 is 11.8 Å². The normalized spacial score (nSPS) is 13.9. The molecule has 3 heteroatoms. The number of aliphatic hydroxyl groups excluding tert-OH is 1. The Morgan fingerprint density at radius 2 is 2.09 bits per heavy atom. The second-order valence-electron chi connectivity index (χ2n) is 2.99. The summed E-state index contributed by atoms with van der Waals surface area (Å²) in [6.07, 6.45) is 2.95. The van der Waals surface area contributed by atoms with Crippen LogP contribution in [0.5, 0.6) is 0 Å². The van der Waals surface area contributed by atoms with Gasteiger partial charge in [-0.2, -0.15) is 11.8 Å². The van der Waals surface area contributed by atoms with Gasteiger partial charge < -0.3 is 10.4 Å². The first kappa shape index (κ1) is 11.3. The van der Waals surface area contributed by atoms with E-state index in [1.165, 1.54) is 0 Å². The summed E-state index contributed by atoms with van der Waals surface area (Å²) >= 11 is 1.82. The molecule has 0 amide bonds. The molecule has 0 saturated carbocycles. The monoisotopic (exact) mass is 177 g/mol. The van der Waals surface area contributed by atoms with Gasteiger partial charge >= 0.3 is 0 Å².